The maximum atomic E-state index is 12.5. The molecule has 0 fully saturated rings. The van der Waals surface area contributed by atoms with Crippen molar-refractivity contribution in [2.75, 3.05) is 13.2 Å². The fourth-order valence-electron chi connectivity index (χ4n) is 2.18. The lowest BCUT2D eigenvalue weighted by atomic mass is 10.1. The average Bonchev–Trinajstić information content (AvgIpc) is 2.69. The number of carbonyl (C=O) groups excluding carboxylic acids is 1. The number of hydrogen-bond acceptors (Lipinski definition) is 5. The minimum Gasteiger partial charge on any atom is -0.481 e. The van der Waals surface area contributed by atoms with E-state index in [1.54, 1.807) is 12.1 Å². The highest BCUT2D eigenvalue weighted by atomic mass is 16.5. The highest BCUT2D eigenvalue weighted by Gasteiger charge is 2.13. The Labute approximate surface area is 160 Å². The van der Waals surface area contributed by atoms with Gasteiger partial charge in [0.2, 0.25) is 0 Å². The normalized spacial score (nSPS) is 10.2. The van der Waals surface area contributed by atoms with Crippen LogP contribution in [0.15, 0.2) is 48.5 Å². The van der Waals surface area contributed by atoms with Crippen LogP contribution < -0.4 is 9.47 Å². The molecular formula is C21H16O7. The molecule has 142 valence electrons. The Bertz CT molecular complexity index is 950. The monoisotopic (exact) mass is 380 g/mol. The number of benzene rings is 2. The molecule has 0 atom stereocenters. The number of ether oxygens (including phenoxy) is 2. The lowest BCUT2D eigenvalue weighted by molar-refractivity contribution is -0.139. The zero-order chi connectivity index (χ0) is 20.5. The zero-order valence-electron chi connectivity index (χ0n) is 14.6. The number of carboxylic acids is 2. The van der Waals surface area contributed by atoms with E-state index in [1.165, 1.54) is 42.5 Å². The summed E-state index contributed by atoms with van der Waals surface area (Å²) in [5, 5.41) is 17.7. The summed E-state index contributed by atoms with van der Waals surface area (Å²) in [4.78, 5) is 34.1. The summed E-state index contributed by atoms with van der Waals surface area (Å²) < 4.78 is 10.4. The van der Waals surface area contributed by atoms with Crippen molar-refractivity contribution in [3.63, 3.8) is 0 Å². The van der Waals surface area contributed by atoms with E-state index < -0.39 is 24.3 Å². The molecule has 0 radical (unpaired) electrons. The third kappa shape index (κ3) is 5.75. The Hall–Kier alpha value is -4.05. The predicted octanol–water partition coefficient (Wildman–Crippen LogP) is 2.76. The molecule has 2 aromatic rings. The second-order valence-electron chi connectivity index (χ2n) is 5.46. The number of hydrogen-bond donors (Lipinski definition) is 2. The lowest BCUT2D eigenvalue weighted by Crippen LogP contribution is -2.12. The van der Waals surface area contributed by atoms with E-state index >= 15 is 0 Å². The standard InChI is InChI=1S/C21H16O7/c1-2-11-27-16-8-9-17(19(12-16)28-13-20(23)24)18(22)10-5-14-3-6-15(7-4-14)21(25)26/h1,3-10,12H,11,13H2,(H,23,24)(H,25,26)/b10-5+. The van der Waals surface area contributed by atoms with Gasteiger partial charge in [0.1, 0.15) is 18.1 Å². The van der Waals surface area contributed by atoms with E-state index in [-0.39, 0.29) is 23.5 Å². The molecule has 0 aliphatic heterocycles. The first-order chi connectivity index (χ1) is 13.4. The largest absolute Gasteiger partial charge is 0.481 e. The number of aromatic carboxylic acids is 1. The molecule has 7 heteroatoms. The number of rotatable bonds is 9. The molecule has 2 rings (SSSR count). The van der Waals surface area contributed by atoms with Crippen molar-refractivity contribution in [3.05, 3.63) is 65.2 Å². The van der Waals surface area contributed by atoms with Gasteiger partial charge >= 0.3 is 11.9 Å². The Kier molecular flexibility index (Phi) is 6.94. The quantitative estimate of drug-likeness (QED) is 0.391. The van der Waals surface area contributed by atoms with Gasteiger partial charge in [0.05, 0.1) is 11.1 Å². The second kappa shape index (κ2) is 9.59. The summed E-state index contributed by atoms with van der Waals surface area (Å²) in [6, 6.07) is 10.3. The van der Waals surface area contributed by atoms with Gasteiger partial charge in [-0.05, 0) is 35.9 Å². The first-order valence-electron chi connectivity index (χ1n) is 8.01. The molecule has 0 aromatic heterocycles. The van der Waals surface area contributed by atoms with Gasteiger partial charge in [-0.1, -0.05) is 24.1 Å². The Morgan fingerprint density at radius 2 is 1.75 bits per heavy atom. The van der Waals surface area contributed by atoms with Gasteiger partial charge in [0.25, 0.3) is 0 Å². The van der Waals surface area contributed by atoms with Crippen molar-refractivity contribution in [1.82, 2.24) is 0 Å². The van der Waals surface area contributed by atoms with Crippen LogP contribution in [-0.4, -0.2) is 41.1 Å². The number of aliphatic carboxylic acids is 1. The van der Waals surface area contributed by atoms with Gasteiger partial charge in [0, 0.05) is 6.07 Å². The highest BCUT2D eigenvalue weighted by Crippen LogP contribution is 2.26. The molecule has 0 aliphatic carbocycles. The maximum absolute atomic E-state index is 12.5. The highest BCUT2D eigenvalue weighted by molar-refractivity contribution is 6.08. The molecule has 0 saturated heterocycles. The molecule has 2 N–H and O–H groups in total. The van der Waals surface area contributed by atoms with E-state index in [0.717, 1.165) is 0 Å². The summed E-state index contributed by atoms with van der Waals surface area (Å²) in [5.74, 6) is 0.0261. The van der Waals surface area contributed by atoms with Gasteiger partial charge in [0.15, 0.2) is 12.4 Å². The van der Waals surface area contributed by atoms with E-state index in [1.807, 2.05) is 0 Å². The molecule has 0 aliphatic rings. The van der Waals surface area contributed by atoms with Crippen LogP contribution in [0.5, 0.6) is 11.5 Å². The first-order valence-corrected chi connectivity index (χ1v) is 8.01. The van der Waals surface area contributed by atoms with Crippen molar-refractivity contribution in [1.29, 1.82) is 0 Å². The van der Waals surface area contributed by atoms with E-state index in [9.17, 15) is 14.4 Å². The van der Waals surface area contributed by atoms with Crippen molar-refractivity contribution in [3.8, 4) is 23.8 Å². The lowest BCUT2D eigenvalue weighted by Gasteiger charge is -2.10. The molecule has 0 unspecified atom stereocenters. The van der Waals surface area contributed by atoms with Crippen molar-refractivity contribution in [2.45, 2.75) is 0 Å². The van der Waals surface area contributed by atoms with Crippen LogP contribution in [0.25, 0.3) is 6.08 Å². The maximum Gasteiger partial charge on any atom is 0.341 e. The summed E-state index contributed by atoms with van der Waals surface area (Å²) >= 11 is 0. The molecule has 0 saturated carbocycles. The third-order valence-corrected chi connectivity index (χ3v) is 3.48. The number of ketones is 1. The molecular weight excluding hydrogens is 364 g/mol. The number of carboxylic acid groups (broad SMARTS) is 2. The second-order valence-corrected chi connectivity index (χ2v) is 5.46. The van der Waals surface area contributed by atoms with Crippen LogP contribution in [-0.2, 0) is 4.79 Å². The molecule has 28 heavy (non-hydrogen) atoms. The average molecular weight is 380 g/mol. The Balaban J connectivity index is 2.23. The van der Waals surface area contributed by atoms with Crippen LogP contribution in [0.4, 0.5) is 0 Å². The van der Waals surface area contributed by atoms with Crippen molar-refractivity contribution in [2.24, 2.45) is 0 Å². The molecule has 7 nitrogen and oxygen atoms in total. The van der Waals surface area contributed by atoms with Crippen LogP contribution in [0.3, 0.4) is 0 Å². The van der Waals surface area contributed by atoms with Crippen LogP contribution in [0.2, 0.25) is 0 Å². The predicted molar refractivity (Wildman–Crippen MR) is 101 cm³/mol. The molecule has 2 aromatic carbocycles. The van der Waals surface area contributed by atoms with Crippen molar-refractivity contribution >= 4 is 23.8 Å². The van der Waals surface area contributed by atoms with Gasteiger partial charge in [-0.15, -0.1) is 6.42 Å². The SMILES string of the molecule is C#CCOc1ccc(C(=O)/C=C/c2ccc(C(=O)O)cc2)c(OCC(=O)O)c1. The fraction of sp³-hybridized carbons (Fsp3) is 0.0952. The molecule has 0 heterocycles. The van der Waals surface area contributed by atoms with Crippen LogP contribution in [0.1, 0.15) is 26.3 Å². The van der Waals surface area contributed by atoms with Gasteiger partial charge < -0.3 is 19.7 Å². The smallest absolute Gasteiger partial charge is 0.341 e. The summed E-state index contributed by atoms with van der Waals surface area (Å²) in [6.07, 6.45) is 7.92. The number of carbonyl (C=O) groups is 3. The van der Waals surface area contributed by atoms with E-state index in [4.69, 9.17) is 26.1 Å². The summed E-state index contributed by atoms with van der Waals surface area (Å²) in [6.45, 7) is -0.614. The van der Waals surface area contributed by atoms with E-state index in [2.05, 4.69) is 5.92 Å². The number of terminal acetylenes is 1. The van der Waals surface area contributed by atoms with Crippen LogP contribution >= 0.6 is 0 Å². The summed E-state index contributed by atoms with van der Waals surface area (Å²) in [5.41, 5.74) is 0.906. The van der Waals surface area contributed by atoms with E-state index in [0.29, 0.717) is 11.3 Å². The molecule has 0 spiro atoms. The van der Waals surface area contributed by atoms with Gasteiger partial charge in [-0.3, -0.25) is 4.79 Å². The van der Waals surface area contributed by atoms with Crippen molar-refractivity contribution < 1.29 is 34.1 Å². The first kappa shape index (κ1) is 20.3. The fourth-order valence-corrected chi connectivity index (χ4v) is 2.18. The zero-order valence-corrected chi connectivity index (χ0v) is 14.6. The Morgan fingerprint density at radius 3 is 2.36 bits per heavy atom. The van der Waals surface area contributed by atoms with Crippen LogP contribution in [0, 0.1) is 12.3 Å². The van der Waals surface area contributed by atoms with Gasteiger partial charge in [-0.2, -0.15) is 0 Å². The molecule has 0 bridgehead atoms. The minimum atomic E-state index is -1.19. The van der Waals surface area contributed by atoms with Gasteiger partial charge in [-0.25, -0.2) is 9.59 Å². The summed E-state index contributed by atoms with van der Waals surface area (Å²) in [7, 11) is 0. The molecule has 0 amide bonds. The third-order valence-electron chi connectivity index (χ3n) is 3.48. The number of allylic oxidation sites excluding steroid dienone is 1. The topological polar surface area (TPSA) is 110 Å². The minimum absolute atomic E-state index is 0.0118. The Morgan fingerprint density at radius 1 is 1.04 bits per heavy atom.